The lowest BCUT2D eigenvalue weighted by molar-refractivity contribution is -0.384. The number of rotatable bonds is 3. The first kappa shape index (κ1) is 8.45. The van der Waals surface area contributed by atoms with Gasteiger partial charge in [0.1, 0.15) is 5.82 Å². The summed E-state index contributed by atoms with van der Waals surface area (Å²) in [5.41, 5.74) is 0.0364. The van der Waals surface area contributed by atoms with Crippen LogP contribution in [0.5, 0.6) is 0 Å². The van der Waals surface area contributed by atoms with Crippen LogP contribution in [0.1, 0.15) is 6.92 Å². The Kier molecular flexibility index (Phi) is 2.57. The maximum absolute atomic E-state index is 10.3. The maximum atomic E-state index is 10.3. The highest BCUT2D eigenvalue weighted by molar-refractivity contribution is 5.44. The molecule has 1 aromatic heterocycles. The molecule has 0 bridgehead atoms. The highest BCUT2D eigenvalue weighted by Gasteiger charge is 2.04. The highest BCUT2D eigenvalue weighted by Crippen LogP contribution is 2.13. The lowest BCUT2D eigenvalue weighted by Crippen LogP contribution is -1.95. The highest BCUT2D eigenvalue weighted by atomic mass is 16.6. The van der Waals surface area contributed by atoms with Crippen molar-refractivity contribution < 1.29 is 4.92 Å². The zero-order valence-electron chi connectivity index (χ0n) is 6.52. The van der Waals surface area contributed by atoms with Crippen LogP contribution in [-0.4, -0.2) is 9.91 Å². The molecule has 0 unspecified atom stereocenters. The summed E-state index contributed by atoms with van der Waals surface area (Å²) in [7, 11) is 0. The van der Waals surface area contributed by atoms with Gasteiger partial charge in [0.25, 0.3) is 5.69 Å². The quantitative estimate of drug-likeness (QED) is 0.546. The van der Waals surface area contributed by atoms with Crippen molar-refractivity contribution in [2.75, 3.05) is 5.32 Å². The Morgan fingerprint density at radius 1 is 1.75 bits per heavy atom. The molecule has 5 nitrogen and oxygen atoms in total. The molecule has 0 fully saturated rings. The molecule has 5 heteroatoms. The minimum atomic E-state index is -0.456. The van der Waals surface area contributed by atoms with Crippen molar-refractivity contribution in [3.8, 4) is 0 Å². The predicted molar refractivity (Wildman–Crippen MR) is 44.5 cm³/mol. The lowest BCUT2D eigenvalue weighted by atomic mass is 10.4. The van der Waals surface area contributed by atoms with Gasteiger partial charge < -0.3 is 5.32 Å². The second-order valence-electron chi connectivity index (χ2n) is 2.09. The average Bonchev–Trinajstić information content (AvgIpc) is 2.05. The van der Waals surface area contributed by atoms with E-state index in [0.29, 0.717) is 5.82 Å². The molecule has 0 atom stereocenters. The van der Waals surface area contributed by atoms with E-state index in [2.05, 4.69) is 10.3 Å². The van der Waals surface area contributed by atoms with Gasteiger partial charge in [0.05, 0.1) is 11.0 Å². The molecule has 0 aliphatic carbocycles. The van der Waals surface area contributed by atoms with Crippen LogP contribution in [0.2, 0.25) is 0 Å². The van der Waals surface area contributed by atoms with Gasteiger partial charge in [0, 0.05) is 18.8 Å². The average molecular weight is 166 g/mol. The molecule has 1 N–H and O–H groups in total. The number of pyridine rings is 1. The van der Waals surface area contributed by atoms with Crippen LogP contribution < -0.4 is 5.32 Å². The zero-order valence-corrected chi connectivity index (χ0v) is 6.52. The Balaban J connectivity index is 2.88. The molecule has 1 heterocycles. The van der Waals surface area contributed by atoms with E-state index in [0.717, 1.165) is 0 Å². The van der Waals surface area contributed by atoms with Gasteiger partial charge in [-0.05, 0) is 6.92 Å². The summed E-state index contributed by atoms with van der Waals surface area (Å²) < 4.78 is 0. The summed E-state index contributed by atoms with van der Waals surface area (Å²) in [6.45, 7) is 3.44. The Hall–Kier alpha value is -1.65. The number of hydrogen-bond donors (Lipinski definition) is 1. The molecule has 1 rings (SSSR count). The lowest BCUT2D eigenvalue weighted by Gasteiger charge is -1.99. The molecule has 0 amide bonds. The summed E-state index contributed by atoms with van der Waals surface area (Å²) in [6.07, 6.45) is 1.39. The smallest absolute Gasteiger partial charge is 0.274 e. The second-order valence-corrected chi connectivity index (χ2v) is 2.09. The zero-order chi connectivity index (χ0) is 8.97. The van der Waals surface area contributed by atoms with Crippen LogP contribution in [0.15, 0.2) is 18.3 Å². The molecule has 0 aliphatic rings. The van der Waals surface area contributed by atoms with E-state index in [-0.39, 0.29) is 5.69 Å². The molecule has 0 aliphatic heterocycles. The first-order valence-corrected chi connectivity index (χ1v) is 3.39. The summed E-state index contributed by atoms with van der Waals surface area (Å²) in [5, 5.41) is 13.1. The fourth-order valence-corrected chi connectivity index (χ4v) is 0.760. The summed E-state index contributed by atoms with van der Waals surface area (Å²) in [6, 6.07) is 2.72. The predicted octanol–water partition coefficient (Wildman–Crippen LogP) is 1.58. The summed E-state index contributed by atoms with van der Waals surface area (Å²) >= 11 is 0. The van der Waals surface area contributed by atoms with Crippen LogP contribution >= 0.6 is 0 Å². The van der Waals surface area contributed by atoms with Crippen molar-refractivity contribution >= 4 is 11.5 Å². The number of anilines is 1. The van der Waals surface area contributed by atoms with Gasteiger partial charge >= 0.3 is 0 Å². The second kappa shape index (κ2) is 3.66. The normalized spacial score (nSPS) is 9.42. The first-order chi connectivity index (χ1) is 5.74. The van der Waals surface area contributed by atoms with E-state index in [1.807, 2.05) is 0 Å². The molecule has 63 valence electrons. The van der Waals surface area contributed by atoms with Crippen molar-refractivity contribution in [2.45, 2.75) is 6.92 Å². The minimum Gasteiger partial charge on any atom is -0.365 e. The molecule has 0 saturated heterocycles. The van der Waals surface area contributed by atoms with Gasteiger partial charge in [-0.15, -0.1) is 0 Å². The van der Waals surface area contributed by atoms with Crippen molar-refractivity contribution in [2.24, 2.45) is 0 Å². The van der Waals surface area contributed by atoms with Crippen LogP contribution in [0.3, 0.4) is 0 Å². The standard InChI is InChI=1S/C7H8N3O2/c1-2-8-7-5-6(10(11)12)3-4-9-7/h2-5H,1H3,(H,8,9). The molecular weight excluding hydrogens is 158 g/mol. The van der Waals surface area contributed by atoms with Gasteiger partial charge in [-0.3, -0.25) is 10.1 Å². The molecule has 1 radical (unpaired) electrons. The molecule has 1 aromatic rings. The number of nitro groups is 1. The Morgan fingerprint density at radius 3 is 3.08 bits per heavy atom. The SMILES string of the molecule is C[CH]Nc1cc([N+](=O)[O-])ccn1. The first-order valence-electron chi connectivity index (χ1n) is 3.39. The molecule has 0 aromatic carbocycles. The van der Waals surface area contributed by atoms with E-state index in [9.17, 15) is 10.1 Å². The van der Waals surface area contributed by atoms with Gasteiger partial charge in [0.15, 0.2) is 0 Å². The fraction of sp³-hybridized carbons (Fsp3) is 0.143. The summed E-state index contributed by atoms with van der Waals surface area (Å²) in [4.78, 5) is 13.7. The van der Waals surface area contributed by atoms with Crippen molar-refractivity contribution in [1.29, 1.82) is 0 Å². The van der Waals surface area contributed by atoms with E-state index < -0.39 is 4.92 Å². The minimum absolute atomic E-state index is 0.0364. The van der Waals surface area contributed by atoms with Crippen LogP contribution in [0.4, 0.5) is 11.5 Å². The van der Waals surface area contributed by atoms with Crippen molar-refractivity contribution in [3.05, 3.63) is 35.0 Å². The van der Waals surface area contributed by atoms with Crippen molar-refractivity contribution in [3.63, 3.8) is 0 Å². The number of aromatic nitrogens is 1. The third-order valence-corrected chi connectivity index (χ3v) is 1.25. The third kappa shape index (κ3) is 1.91. The van der Waals surface area contributed by atoms with Crippen LogP contribution in [0.25, 0.3) is 0 Å². The number of nitrogens with one attached hydrogen (secondary N) is 1. The van der Waals surface area contributed by atoms with E-state index in [1.165, 1.54) is 18.3 Å². The Labute approximate surface area is 69.6 Å². The third-order valence-electron chi connectivity index (χ3n) is 1.25. The van der Waals surface area contributed by atoms with E-state index >= 15 is 0 Å². The van der Waals surface area contributed by atoms with Gasteiger partial charge in [-0.1, -0.05) is 0 Å². The fourth-order valence-electron chi connectivity index (χ4n) is 0.760. The van der Waals surface area contributed by atoms with Gasteiger partial charge in [-0.2, -0.15) is 0 Å². The molecular formula is C7H8N3O2. The number of nitrogens with zero attached hydrogens (tertiary/aromatic N) is 2. The largest absolute Gasteiger partial charge is 0.365 e. The maximum Gasteiger partial charge on any atom is 0.274 e. The van der Waals surface area contributed by atoms with Crippen LogP contribution in [-0.2, 0) is 0 Å². The van der Waals surface area contributed by atoms with Crippen molar-refractivity contribution in [1.82, 2.24) is 4.98 Å². The molecule has 12 heavy (non-hydrogen) atoms. The van der Waals surface area contributed by atoms with Crippen LogP contribution in [0, 0.1) is 16.7 Å². The topological polar surface area (TPSA) is 68.1 Å². The van der Waals surface area contributed by atoms with E-state index in [4.69, 9.17) is 0 Å². The molecule has 0 spiro atoms. The number of hydrogen-bond acceptors (Lipinski definition) is 4. The molecule has 0 saturated carbocycles. The monoisotopic (exact) mass is 166 g/mol. The Bertz CT molecular complexity index is 288. The van der Waals surface area contributed by atoms with E-state index in [1.54, 1.807) is 13.5 Å². The Morgan fingerprint density at radius 2 is 2.50 bits per heavy atom. The summed E-state index contributed by atoms with van der Waals surface area (Å²) in [5.74, 6) is 0.478. The van der Waals surface area contributed by atoms with Gasteiger partial charge in [0.2, 0.25) is 0 Å². The van der Waals surface area contributed by atoms with Gasteiger partial charge in [-0.25, -0.2) is 4.98 Å².